The number of aryl methyl sites for hydroxylation is 1. The molecule has 0 atom stereocenters. The van der Waals surface area contributed by atoms with Gasteiger partial charge >= 0.3 is 6.09 Å². The van der Waals surface area contributed by atoms with Crippen LogP contribution in [-0.4, -0.2) is 34.6 Å². The standard InChI is InChI=1S/C14H24N4O2/c1-14(2,3)20-13(19)16-8-6-5-7-15-9-12-10-17-18(4)11-12/h5-6,10-11,15H,7-9H2,1-4H3,(H,16,19)/b6-5+. The van der Waals surface area contributed by atoms with Gasteiger partial charge < -0.3 is 15.4 Å². The third-order valence-electron chi connectivity index (χ3n) is 2.28. The van der Waals surface area contributed by atoms with Crippen LogP contribution >= 0.6 is 0 Å². The molecule has 0 spiro atoms. The summed E-state index contributed by atoms with van der Waals surface area (Å²) in [5.41, 5.74) is 0.687. The van der Waals surface area contributed by atoms with E-state index >= 15 is 0 Å². The summed E-state index contributed by atoms with van der Waals surface area (Å²) in [5, 5.41) is 10.0. The van der Waals surface area contributed by atoms with Crippen molar-refractivity contribution in [2.24, 2.45) is 7.05 Å². The van der Waals surface area contributed by atoms with Crippen LogP contribution in [-0.2, 0) is 18.3 Å². The molecule has 1 rings (SSSR count). The van der Waals surface area contributed by atoms with E-state index < -0.39 is 11.7 Å². The van der Waals surface area contributed by atoms with Crippen molar-refractivity contribution in [1.82, 2.24) is 20.4 Å². The maximum atomic E-state index is 11.3. The predicted molar refractivity (Wildman–Crippen MR) is 78.3 cm³/mol. The number of aromatic nitrogens is 2. The molecule has 112 valence electrons. The Morgan fingerprint density at radius 2 is 2.10 bits per heavy atom. The molecule has 0 bridgehead atoms. The first-order valence-corrected chi connectivity index (χ1v) is 6.67. The lowest BCUT2D eigenvalue weighted by atomic mass is 10.2. The minimum Gasteiger partial charge on any atom is -0.444 e. The molecular formula is C14H24N4O2. The molecule has 1 aromatic rings. The molecule has 0 saturated carbocycles. The van der Waals surface area contributed by atoms with Crippen molar-refractivity contribution in [2.45, 2.75) is 32.9 Å². The Labute approximate surface area is 120 Å². The van der Waals surface area contributed by atoms with Crippen molar-refractivity contribution < 1.29 is 9.53 Å². The minimum atomic E-state index is -0.459. The average molecular weight is 280 g/mol. The van der Waals surface area contributed by atoms with Crippen LogP contribution in [0.2, 0.25) is 0 Å². The van der Waals surface area contributed by atoms with Gasteiger partial charge in [0.25, 0.3) is 0 Å². The van der Waals surface area contributed by atoms with Gasteiger partial charge in [0.2, 0.25) is 0 Å². The van der Waals surface area contributed by atoms with Crippen molar-refractivity contribution in [3.05, 3.63) is 30.1 Å². The summed E-state index contributed by atoms with van der Waals surface area (Å²) in [4.78, 5) is 11.3. The van der Waals surface area contributed by atoms with Gasteiger partial charge in [-0.1, -0.05) is 12.2 Å². The van der Waals surface area contributed by atoms with Crippen LogP contribution in [0, 0.1) is 0 Å². The van der Waals surface area contributed by atoms with E-state index in [1.165, 1.54) is 0 Å². The first-order valence-electron chi connectivity index (χ1n) is 6.67. The third kappa shape index (κ3) is 7.58. The highest BCUT2D eigenvalue weighted by Gasteiger charge is 2.14. The minimum absolute atomic E-state index is 0.398. The van der Waals surface area contributed by atoms with E-state index in [1.54, 1.807) is 4.68 Å². The maximum Gasteiger partial charge on any atom is 0.407 e. The molecule has 20 heavy (non-hydrogen) atoms. The van der Waals surface area contributed by atoms with E-state index in [4.69, 9.17) is 4.74 Å². The van der Waals surface area contributed by atoms with Gasteiger partial charge in [-0.15, -0.1) is 0 Å². The lowest BCUT2D eigenvalue weighted by Crippen LogP contribution is -2.32. The largest absolute Gasteiger partial charge is 0.444 e. The van der Waals surface area contributed by atoms with Crippen molar-refractivity contribution in [3.8, 4) is 0 Å². The molecule has 0 radical (unpaired) electrons. The van der Waals surface area contributed by atoms with Crippen molar-refractivity contribution in [3.63, 3.8) is 0 Å². The lowest BCUT2D eigenvalue weighted by Gasteiger charge is -2.19. The second-order valence-corrected chi connectivity index (χ2v) is 5.51. The molecule has 2 N–H and O–H groups in total. The number of nitrogens with one attached hydrogen (secondary N) is 2. The molecule has 0 unspecified atom stereocenters. The molecule has 6 nitrogen and oxygen atoms in total. The molecule has 0 aromatic carbocycles. The number of alkyl carbamates (subject to hydrolysis) is 1. The molecule has 1 heterocycles. The molecule has 6 heteroatoms. The Kier molecular flexibility index (Phi) is 6.24. The zero-order chi connectivity index (χ0) is 15.0. The molecule has 0 aliphatic rings. The van der Waals surface area contributed by atoms with Crippen LogP contribution in [0.15, 0.2) is 24.5 Å². The Morgan fingerprint density at radius 1 is 1.40 bits per heavy atom. The fourth-order valence-corrected chi connectivity index (χ4v) is 1.49. The Morgan fingerprint density at radius 3 is 2.70 bits per heavy atom. The first kappa shape index (κ1) is 16.2. The van der Waals surface area contributed by atoms with Gasteiger partial charge in [-0.25, -0.2) is 4.79 Å². The van der Waals surface area contributed by atoms with Crippen LogP contribution in [0.25, 0.3) is 0 Å². The number of carbonyl (C=O) groups excluding carboxylic acids is 1. The molecule has 0 aliphatic heterocycles. The number of nitrogens with zero attached hydrogens (tertiary/aromatic N) is 2. The van der Waals surface area contributed by atoms with E-state index in [-0.39, 0.29) is 0 Å². The molecule has 0 fully saturated rings. The first-order chi connectivity index (χ1) is 9.37. The second-order valence-electron chi connectivity index (χ2n) is 5.51. The van der Waals surface area contributed by atoms with Gasteiger partial charge in [0.05, 0.1) is 6.20 Å². The van der Waals surface area contributed by atoms with Crippen molar-refractivity contribution in [1.29, 1.82) is 0 Å². The molecule has 0 saturated heterocycles. The van der Waals surface area contributed by atoms with Gasteiger partial charge in [0.1, 0.15) is 5.60 Å². The highest BCUT2D eigenvalue weighted by molar-refractivity contribution is 5.67. The zero-order valence-corrected chi connectivity index (χ0v) is 12.6. The normalized spacial score (nSPS) is 11.8. The predicted octanol–water partition coefficient (Wildman–Crippen LogP) is 1.59. The van der Waals surface area contributed by atoms with E-state index in [1.807, 2.05) is 52.4 Å². The molecule has 1 amide bonds. The van der Waals surface area contributed by atoms with E-state index in [2.05, 4.69) is 15.7 Å². The summed E-state index contributed by atoms with van der Waals surface area (Å²) in [6.45, 7) is 7.49. The molecular weight excluding hydrogens is 256 g/mol. The van der Waals surface area contributed by atoms with Crippen LogP contribution < -0.4 is 10.6 Å². The monoisotopic (exact) mass is 280 g/mol. The van der Waals surface area contributed by atoms with Gasteiger partial charge in [0, 0.05) is 38.4 Å². The number of hydrogen-bond donors (Lipinski definition) is 2. The SMILES string of the molecule is Cn1cc(CNC/C=C/CNC(=O)OC(C)(C)C)cn1. The van der Waals surface area contributed by atoms with Crippen LogP contribution in [0.5, 0.6) is 0 Å². The third-order valence-corrected chi connectivity index (χ3v) is 2.28. The highest BCUT2D eigenvalue weighted by Crippen LogP contribution is 2.06. The van der Waals surface area contributed by atoms with Crippen molar-refractivity contribution >= 4 is 6.09 Å². The Balaban J connectivity index is 2.06. The molecule has 0 aliphatic carbocycles. The van der Waals surface area contributed by atoms with E-state index in [9.17, 15) is 4.79 Å². The lowest BCUT2D eigenvalue weighted by molar-refractivity contribution is 0.0534. The number of rotatable bonds is 6. The van der Waals surface area contributed by atoms with Crippen molar-refractivity contribution in [2.75, 3.05) is 13.1 Å². The van der Waals surface area contributed by atoms with Crippen LogP contribution in [0.4, 0.5) is 4.79 Å². The zero-order valence-electron chi connectivity index (χ0n) is 12.6. The Hall–Kier alpha value is -1.82. The van der Waals surface area contributed by atoms with Gasteiger partial charge in [-0.3, -0.25) is 4.68 Å². The summed E-state index contributed by atoms with van der Waals surface area (Å²) >= 11 is 0. The highest BCUT2D eigenvalue weighted by atomic mass is 16.6. The fourth-order valence-electron chi connectivity index (χ4n) is 1.49. The number of carbonyl (C=O) groups is 1. The Bertz CT molecular complexity index is 446. The maximum absolute atomic E-state index is 11.3. The topological polar surface area (TPSA) is 68.2 Å². The van der Waals surface area contributed by atoms with Gasteiger partial charge in [-0.05, 0) is 20.8 Å². The summed E-state index contributed by atoms with van der Waals surface area (Å²) < 4.78 is 6.89. The smallest absolute Gasteiger partial charge is 0.407 e. The summed E-state index contributed by atoms with van der Waals surface area (Å²) in [5.74, 6) is 0. The van der Waals surface area contributed by atoms with E-state index in [0.29, 0.717) is 6.54 Å². The summed E-state index contributed by atoms with van der Waals surface area (Å²) in [7, 11) is 1.89. The fraction of sp³-hybridized carbons (Fsp3) is 0.571. The average Bonchev–Trinajstić information content (AvgIpc) is 2.71. The summed E-state index contributed by atoms with van der Waals surface area (Å²) in [6.07, 6.45) is 7.26. The van der Waals surface area contributed by atoms with Crippen LogP contribution in [0.1, 0.15) is 26.3 Å². The van der Waals surface area contributed by atoms with Crippen LogP contribution in [0.3, 0.4) is 0 Å². The molecule has 1 aromatic heterocycles. The van der Waals surface area contributed by atoms with Gasteiger partial charge in [-0.2, -0.15) is 5.10 Å². The quantitative estimate of drug-likeness (QED) is 0.613. The number of amides is 1. The van der Waals surface area contributed by atoms with E-state index in [0.717, 1.165) is 18.7 Å². The number of ether oxygens (including phenoxy) is 1. The number of hydrogen-bond acceptors (Lipinski definition) is 4. The summed E-state index contributed by atoms with van der Waals surface area (Å²) in [6, 6.07) is 0. The second kappa shape index (κ2) is 7.69. The van der Waals surface area contributed by atoms with Gasteiger partial charge in [0.15, 0.2) is 0 Å².